The molecule has 0 aliphatic carbocycles. The van der Waals surface area contributed by atoms with Crippen molar-refractivity contribution in [3.8, 4) is 0 Å². The third-order valence-electron chi connectivity index (χ3n) is 2.84. The van der Waals surface area contributed by atoms with Crippen LogP contribution >= 0.6 is 0 Å². The number of rotatable bonds is 10. The Morgan fingerprint density at radius 3 is 1.57 bits per heavy atom. The highest BCUT2D eigenvalue weighted by atomic mass is 30.0. The van der Waals surface area contributed by atoms with Crippen molar-refractivity contribution in [3.05, 3.63) is 0 Å². The van der Waals surface area contributed by atoms with Crippen LogP contribution in [-0.4, -0.2) is 77.5 Å². The fraction of sp³-hybridized carbons (Fsp3) is 1.00. The van der Waals surface area contributed by atoms with E-state index in [0.717, 1.165) is 0 Å². The van der Waals surface area contributed by atoms with Gasteiger partial charge in [0.1, 0.15) is 0 Å². The van der Waals surface area contributed by atoms with Gasteiger partial charge in [-0.1, -0.05) is 19.6 Å². The van der Waals surface area contributed by atoms with Crippen molar-refractivity contribution in [1.82, 2.24) is 0 Å². The van der Waals surface area contributed by atoms with Crippen molar-refractivity contribution in [3.63, 3.8) is 0 Å². The van der Waals surface area contributed by atoms with Gasteiger partial charge in [0.2, 0.25) is 0 Å². The summed E-state index contributed by atoms with van der Waals surface area (Å²) < 4.78 is 97.6. The first kappa shape index (κ1) is 23.2. The molecule has 0 fully saturated rings. The van der Waals surface area contributed by atoms with Gasteiger partial charge in [-0.25, -0.2) is 0 Å². The van der Waals surface area contributed by atoms with Crippen LogP contribution in [0.15, 0.2) is 0 Å². The molecule has 0 saturated heterocycles. The van der Waals surface area contributed by atoms with E-state index in [4.69, 9.17) is 4.43 Å². The summed E-state index contributed by atoms with van der Waals surface area (Å²) in [7, 11) is -27.4. The first-order valence-electron chi connectivity index (χ1n) is 6.26. The largest absolute Gasteiger partial charge is 0.546 e. The van der Waals surface area contributed by atoms with Gasteiger partial charge in [0.05, 0.1) is 13.8 Å². The van der Waals surface area contributed by atoms with Gasteiger partial charge >= 0.3 is 63.7 Å². The molecule has 18 heteroatoms. The van der Waals surface area contributed by atoms with E-state index in [0.29, 0.717) is 0 Å². The molecular weight excluding hydrogens is 457 g/mol. The Morgan fingerprint density at radius 1 is 0.783 bits per heavy atom. The summed E-state index contributed by atoms with van der Waals surface area (Å²) in [5, 5.41) is 0. The molecule has 0 aromatic carbocycles. The van der Waals surface area contributed by atoms with E-state index < -0.39 is 77.5 Å². The smallest absolute Gasteiger partial charge is 0.523 e. The zero-order valence-electron chi connectivity index (χ0n) is 12.8. The molecule has 0 N–H and O–H groups in total. The van der Waals surface area contributed by atoms with E-state index in [-0.39, 0.29) is 0 Å². The van der Waals surface area contributed by atoms with Gasteiger partial charge in [0, 0.05) is 0 Å². The van der Waals surface area contributed by atoms with Crippen molar-refractivity contribution in [1.29, 1.82) is 0 Å². The lowest BCUT2D eigenvalue weighted by atomic mass is 10.9. The van der Waals surface area contributed by atoms with Gasteiger partial charge in [0.25, 0.3) is 0 Å². The monoisotopic (exact) mass is 470 g/mol. The van der Waals surface area contributed by atoms with Gasteiger partial charge in [-0.05, 0) is 6.92 Å². The standard InChI is InChI=1S/C5H14O9Si9/c1-5(23(2,3)4)14-16(7)18(9)20(11)22(13)21(12)19(10)17(8)15-6/h5,15H,1-4H3. The molecule has 1 atom stereocenters. The summed E-state index contributed by atoms with van der Waals surface area (Å²) in [6.07, 6.45) is 0. The van der Waals surface area contributed by atoms with Crippen molar-refractivity contribution >= 4 is 71.8 Å². The maximum absolute atomic E-state index is 11.9. The summed E-state index contributed by atoms with van der Waals surface area (Å²) in [6.45, 7) is 7.41. The summed E-state index contributed by atoms with van der Waals surface area (Å²) in [5.74, 6) is 0. The molecule has 0 bridgehead atoms. The number of hydrogen-bond donors (Lipinski definition) is 0. The predicted octanol–water partition coefficient (Wildman–Crippen LogP) is -2.53. The third-order valence-corrected chi connectivity index (χ3v) is 52.7. The van der Waals surface area contributed by atoms with E-state index in [2.05, 4.69) is 0 Å². The fourth-order valence-corrected chi connectivity index (χ4v) is 63.2. The minimum absolute atomic E-state index is 0.434. The minimum atomic E-state index is -3.55. The van der Waals surface area contributed by atoms with Crippen molar-refractivity contribution in [2.24, 2.45) is 0 Å². The lowest BCUT2D eigenvalue weighted by Gasteiger charge is -2.24. The van der Waals surface area contributed by atoms with Gasteiger partial charge < -0.3 is 40.1 Å². The highest BCUT2D eigenvalue weighted by molar-refractivity contribution is 7.72. The molecule has 0 amide bonds. The Hall–Kier alpha value is 0.152. The van der Waals surface area contributed by atoms with Gasteiger partial charge in [-0.15, -0.1) is 0 Å². The first-order chi connectivity index (χ1) is 10.3. The highest BCUT2D eigenvalue weighted by Crippen LogP contribution is 2.10. The van der Waals surface area contributed by atoms with Crippen molar-refractivity contribution in [2.75, 3.05) is 0 Å². The summed E-state index contributed by atoms with van der Waals surface area (Å²) in [4.78, 5) is 0. The molecule has 0 aliphatic rings. The summed E-state index contributed by atoms with van der Waals surface area (Å²) >= 11 is 0. The van der Waals surface area contributed by atoms with Crippen LogP contribution < -0.4 is 0 Å². The van der Waals surface area contributed by atoms with E-state index in [1.165, 1.54) is 0 Å². The second kappa shape index (κ2) is 9.59. The van der Waals surface area contributed by atoms with E-state index in [1.54, 1.807) is 6.92 Å². The van der Waals surface area contributed by atoms with Crippen molar-refractivity contribution in [2.45, 2.75) is 32.3 Å². The number of hydrogen-bond acceptors (Lipinski definition) is 9. The highest BCUT2D eigenvalue weighted by Gasteiger charge is 2.48. The van der Waals surface area contributed by atoms with E-state index in [1.807, 2.05) is 19.6 Å². The lowest BCUT2D eigenvalue weighted by molar-refractivity contribution is 0.274. The molecule has 0 aromatic rings. The second-order valence-electron chi connectivity index (χ2n) is 5.54. The molecule has 0 radical (unpaired) electrons. The Bertz CT molecular complexity index is 632. The normalized spacial score (nSPS) is 11.8. The van der Waals surface area contributed by atoms with Crippen LogP contribution in [0.25, 0.3) is 0 Å². The fourth-order valence-electron chi connectivity index (χ4n) is 0.958. The minimum Gasteiger partial charge on any atom is -0.523 e. The molecule has 0 aliphatic heterocycles. The molecule has 0 rings (SSSR count). The quantitative estimate of drug-likeness (QED) is 0.315. The van der Waals surface area contributed by atoms with Gasteiger partial charge in [-0.2, -0.15) is 0 Å². The molecule has 0 spiro atoms. The summed E-state index contributed by atoms with van der Waals surface area (Å²) in [6, 6.07) is 0. The van der Waals surface area contributed by atoms with Crippen LogP contribution in [0.2, 0.25) is 19.6 Å². The maximum atomic E-state index is 11.9. The van der Waals surface area contributed by atoms with Crippen LogP contribution in [0, 0.1) is 0 Å². The second-order valence-corrected chi connectivity index (χ2v) is 44.0. The van der Waals surface area contributed by atoms with E-state index >= 15 is 0 Å². The van der Waals surface area contributed by atoms with Crippen LogP contribution in [0.4, 0.5) is 0 Å². The molecule has 124 valence electrons. The maximum Gasteiger partial charge on any atom is 0.546 e. The Morgan fingerprint density at radius 2 is 1.17 bits per heavy atom. The molecule has 0 heterocycles. The molecule has 0 saturated carbocycles. The predicted molar refractivity (Wildman–Crippen MR) is 86.8 cm³/mol. The lowest BCUT2D eigenvalue weighted by Crippen LogP contribution is -2.51. The van der Waals surface area contributed by atoms with Crippen LogP contribution in [0.5, 0.6) is 0 Å². The van der Waals surface area contributed by atoms with Crippen molar-refractivity contribution < 1.29 is 40.1 Å². The SMILES string of the molecule is CC(O[Si](=O)[Si](=O)[Si](=O)[Si](=O)[Si](=O)[Si](=O)[Si](=O)[SiH]=O)[Si](C)(C)C. The van der Waals surface area contributed by atoms with E-state index in [9.17, 15) is 35.7 Å². The third kappa shape index (κ3) is 6.88. The van der Waals surface area contributed by atoms with Crippen LogP contribution in [-0.2, 0) is 40.1 Å². The van der Waals surface area contributed by atoms with Crippen LogP contribution in [0.1, 0.15) is 6.92 Å². The van der Waals surface area contributed by atoms with Gasteiger partial charge in [-0.3, -0.25) is 0 Å². The topological polar surface area (TPSA) is 146 Å². The molecule has 9 nitrogen and oxygen atoms in total. The average molecular weight is 471 g/mol. The average Bonchev–Trinajstić information content (AvgIpc) is 2.49. The zero-order chi connectivity index (χ0) is 18.5. The first-order valence-corrected chi connectivity index (χ1v) is 27.9. The molecular formula is C5H14O9Si9. The Kier molecular flexibility index (Phi) is 9.65. The Labute approximate surface area is 144 Å². The molecule has 1 unspecified atom stereocenters. The summed E-state index contributed by atoms with van der Waals surface area (Å²) in [5.41, 5.74) is -0.434. The molecule has 23 heavy (non-hydrogen) atoms. The Balaban J connectivity index is 5.06. The van der Waals surface area contributed by atoms with Gasteiger partial charge in [0.15, 0.2) is 0 Å². The van der Waals surface area contributed by atoms with Crippen LogP contribution in [0.3, 0.4) is 0 Å². The zero-order valence-corrected chi connectivity index (χ0v) is 22.0. The molecule has 0 aromatic heterocycles.